The van der Waals surface area contributed by atoms with E-state index in [9.17, 15) is 14.7 Å². The molecule has 3 unspecified atom stereocenters. The summed E-state index contributed by atoms with van der Waals surface area (Å²) in [6.07, 6.45) is 2.22. The number of carboxylic acids is 1. The van der Waals surface area contributed by atoms with Crippen LogP contribution in [0.4, 0.5) is 0 Å². The van der Waals surface area contributed by atoms with Crippen LogP contribution >= 0.6 is 15.9 Å². The number of benzene rings is 1. The number of halogens is 1. The van der Waals surface area contributed by atoms with Crippen LogP contribution < -0.4 is 4.74 Å². The fourth-order valence-electron chi connectivity index (χ4n) is 3.55. The number of nitrogens with zero attached hydrogens (tertiary/aromatic N) is 1. The lowest BCUT2D eigenvalue weighted by Gasteiger charge is -2.24. The minimum Gasteiger partial charge on any atom is -0.496 e. The van der Waals surface area contributed by atoms with Crippen molar-refractivity contribution in [3.8, 4) is 5.75 Å². The third-order valence-corrected chi connectivity index (χ3v) is 4.98. The Morgan fingerprint density at radius 1 is 1.38 bits per heavy atom. The first-order chi connectivity index (χ1) is 10.0. The van der Waals surface area contributed by atoms with Gasteiger partial charge in [-0.15, -0.1) is 0 Å². The average molecular weight is 354 g/mol. The van der Waals surface area contributed by atoms with Gasteiger partial charge in [0.1, 0.15) is 5.75 Å². The topological polar surface area (TPSA) is 66.8 Å². The Morgan fingerprint density at radius 2 is 2.14 bits per heavy atom. The van der Waals surface area contributed by atoms with Crippen molar-refractivity contribution in [3.05, 3.63) is 28.2 Å². The van der Waals surface area contributed by atoms with E-state index >= 15 is 0 Å². The molecule has 1 aromatic rings. The first kappa shape index (κ1) is 14.4. The maximum atomic E-state index is 12.8. The van der Waals surface area contributed by atoms with E-state index in [1.165, 1.54) is 7.11 Å². The maximum absolute atomic E-state index is 12.8. The summed E-state index contributed by atoms with van der Waals surface area (Å²) in [7, 11) is 1.52. The van der Waals surface area contributed by atoms with Crippen molar-refractivity contribution in [2.24, 2.45) is 5.92 Å². The molecule has 1 N–H and O–H groups in total. The van der Waals surface area contributed by atoms with Crippen LogP contribution in [0.5, 0.6) is 5.75 Å². The van der Waals surface area contributed by atoms with E-state index in [4.69, 9.17) is 4.74 Å². The molecule has 0 radical (unpaired) electrons. The predicted molar refractivity (Wildman–Crippen MR) is 79.4 cm³/mol. The second-order valence-corrected chi connectivity index (χ2v) is 6.45. The number of ether oxygens (including phenoxy) is 1. The summed E-state index contributed by atoms with van der Waals surface area (Å²) < 4.78 is 6.11. The molecule has 6 heteroatoms. The van der Waals surface area contributed by atoms with Gasteiger partial charge in [-0.25, -0.2) is 0 Å². The Hall–Kier alpha value is -1.56. The highest BCUT2D eigenvalue weighted by molar-refractivity contribution is 9.10. The van der Waals surface area contributed by atoms with Crippen LogP contribution in [0, 0.1) is 5.92 Å². The van der Waals surface area contributed by atoms with E-state index in [0.29, 0.717) is 17.7 Å². The number of carbonyl (C=O) groups excluding carboxylic acids is 1. The molecule has 3 rings (SSSR count). The van der Waals surface area contributed by atoms with E-state index in [1.54, 1.807) is 23.1 Å². The number of hydrogen-bond donors (Lipinski definition) is 1. The van der Waals surface area contributed by atoms with E-state index in [-0.39, 0.29) is 18.0 Å². The SMILES string of the molecule is COc1cc(Br)ccc1C(=O)N1C2CCC1C(C(=O)O)C2. The number of carbonyl (C=O) groups is 2. The van der Waals surface area contributed by atoms with Crippen molar-refractivity contribution >= 4 is 27.8 Å². The Bertz CT molecular complexity index is 603. The molecule has 2 bridgehead atoms. The lowest BCUT2D eigenvalue weighted by molar-refractivity contribution is -0.142. The minimum absolute atomic E-state index is 0.0388. The number of amides is 1. The standard InChI is InChI=1S/C15H16BrNO4/c1-21-13-6-8(16)2-4-10(13)14(18)17-9-3-5-12(17)11(7-9)15(19)20/h2,4,6,9,11-12H,3,5,7H2,1H3,(H,19,20). The number of rotatable bonds is 3. The van der Waals surface area contributed by atoms with Gasteiger partial charge in [0.2, 0.25) is 0 Å². The fraction of sp³-hybridized carbons (Fsp3) is 0.467. The second-order valence-electron chi connectivity index (χ2n) is 5.54. The molecule has 0 aliphatic carbocycles. The lowest BCUT2D eigenvalue weighted by Crippen LogP contribution is -2.38. The molecule has 2 saturated heterocycles. The van der Waals surface area contributed by atoms with E-state index < -0.39 is 11.9 Å². The quantitative estimate of drug-likeness (QED) is 0.906. The van der Waals surface area contributed by atoms with E-state index in [1.807, 2.05) is 0 Å². The van der Waals surface area contributed by atoms with Crippen LogP contribution in [-0.2, 0) is 4.79 Å². The van der Waals surface area contributed by atoms with Gasteiger partial charge in [-0.05, 0) is 37.5 Å². The van der Waals surface area contributed by atoms with Gasteiger partial charge in [0, 0.05) is 16.6 Å². The number of carboxylic acid groups (broad SMARTS) is 1. The first-order valence-electron chi connectivity index (χ1n) is 6.92. The number of fused-ring (bicyclic) bond motifs is 2. The zero-order valence-corrected chi connectivity index (χ0v) is 13.2. The van der Waals surface area contributed by atoms with Crippen LogP contribution in [0.3, 0.4) is 0 Å². The fourth-order valence-corrected chi connectivity index (χ4v) is 3.89. The van der Waals surface area contributed by atoms with Gasteiger partial charge in [0.15, 0.2) is 0 Å². The summed E-state index contributed by atoms with van der Waals surface area (Å²) in [6, 6.07) is 5.12. The highest BCUT2D eigenvalue weighted by Crippen LogP contribution is 2.43. The summed E-state index contributed by atoms with van der Waals surface area (Å²) in [5.74, 6) is -0.861. The predicted octanol–water partition coefficient (Wildman–Crippen LogP) is 2.54. The summed E-state index contributed by atoms with van der Waals surface area (Å²) in [6.45, 7) is 0. The summed E-state index contributed by atoms with van der Waals surface area (Å²) in [5.41, 5.74) is 0.489. The Kier molecular flexibility index (Phi) is 3.65. The molecule has 5 nitrogen and oxygen atoms in total. The molecule has 0 spiro atoms. The minimum atomic E-state index is -0.803. The van der Waals surface area contributed by atoms with Crippen molar-refractivity contribution in [1.82, 2.24) is 4.90 Å². The largest absolute Gasteiger partial charge is 0.496 e. The van der Waals surface area contributed by atoms with Gasteiger partial charge in [-0.3, -0.25) is 9.59 Å². The smallest absolute Gasteiger partial charge is 0.308 e. The summed E-state index contributed by atoms with van der Waals surface area (Å²) in [5, 5.41) is 9.27. The molecule has 2 fully saturated rings. The van der Waals surface area contributed by atoms with Crippen LogP contribution in [0.2, 0.25) is 0 Å². The third-order valence-electron chi connectivity index (χ3n) is 4.48. The van der Waals surface area contributed by atoms with Crippen molar-refractivity contribution in [1.29, 1.82) is 0 Å². The molecule has 1 amide bonds. The van der Waals surface area contributed by atoms with Gasteiger partial charge >= 0.3 is 5.97 Å². The third kappa shape index (κ3) is 2.31. The molecule has 1 aromatic carbocycles. The van der Waals surface area contributed by atoms with Gasteiger partial charge < -0.3 is 14.7 Å². The lowest BCUT2D eigenvalue weighted by atomic mass is 9.89. The normalized spacial score (nSPS) is 27.0. The molecule has 3 atom stereocenters. The Labute approximate surface area is 131 Å². The highest BCUT2D eigenvalue weighted by Gasteiger charge is 2.51. The molecular weight excluding hydrogens is 338 g/mol. The van der Waals surface area contributed by atoms with Crippen molar-refractivity contribution in [2.45, 2.75) is 31.3 Å². The number of hydrogen-bond acceptors (Lipinski definition) is 3. The van der Waals surface area contributed by atoms with E-state index in [2.05, 4.69) is 15.9 Å². The summed E-state index contributed by atoms with van der Waals surface area (Å²) in [4.78, 5) is 25.9. The van der Waals surface area contributed by atoms with Crippen molar-refractivity contribution < 1.29 is 19.4 Å². The molecule has 0 saturated carbocycles. The highest BCUT2D eigenvalue weighted by atomic mass is 79.9. The number of methoxy groups -OCH3 is 1. The molecule has 2 heterocycles. The van der Waals surface area contributed by atoms with Gasteiger partial charge in [-0.1, -0.05) is 15.9 Å². The monoisotopic (exact) mass is 353 g/mol. The van der Waals surface area contributed by atoms with Gasteiger partial charge in [0.05, 0.1) is 18.6 Å². The van der Waals surface area contributed by atoms with Crippen LogP contribution in [-0.4, -0.2) is 41.1 Å². The van der Waals surface area contributed by atoms with Crippen molar-refractivity contribution in [2.75, 3.05) is 7.11 Å². The van der Waals surface area contributed by atoms with Crippen LogP contribution in [0.25, 0.3) is 0 Å². The zero-order valence-electron chi connectivity index (χ0n) is 11.6. The Balaban J connectivity index is 1.91. The van der Waals surface area contributed by atoms with Gasteiger partial charge in [-0.2, -0.15) is 0 Å². The molecule has 2 aliphatic heterocycles. The number of aliphatic carboxylic acids is 1. The van der Waals surface area contributed by atoms with E-state index in [0.717, 1.165) is 17.3 Å². The van der Waals surface area contributed by atoms with Crippen LogP contribution in [0.1, 0.15) is 29.6 Å². The zero-order chi connectivity index (χ0) is 15.1. The van der Waals surface area contributed by atoms with Gasteiger partial charge in [0.25, 0.3) is 5.91 Å². The maximum Gasteiger partial charge on any atom is 0.308 e. The van der Waals surface area contributed by atoms with Crippen molar-refractivity contribution in [3.63, 3.8) is 0 Å². The molecule has 0 aromatic heterocycles. The first-order valence-corrected chi connectivity index (χ1v) is 7.71. The Morgan fingerprint density at radius 3 is 2.76 bits per heavy atom. The molecular formula is C15H16BrNO4. The average Bonchev–Trinajstić information content (AvgIpc) is 3.04. The molecule has 2 aliphatic rings. The summed E-state index contributed by atoms with van der Waals surface area (Å²) >= 11 is 3.35. The molecule has 21 heavy (non-hydrogen) atoms. The molecule has 112 valence electrons. The second kappa shape index (κ2) is 5.33. The van der Waals surface area contributed by atoms with Crippen LogP contribution in [0.15, 0.2) is 22.7 Å².